The minimum Gasteiger partial charge on any atom is -0.382 e. The van der Waals surface area contributed by atoms with Crippen LogP contribution in [0.1, 0.15) is 43.7 Å². The highest BCUT2D eigenvalue weighted by atomic mass is 15.2. The fourth-order valence-electron chi connectivity index (χ4n) is 3.52. The first-order valence-corrected chi connectivity index (χ1v) is 7.89. The van der Waals surface area contributed by atoms with Crippen LogP contribution in [-0.4, -0.2) is 31.1 Å². The molecule has 0 aromatic heterocycles. The van der Waals surface area contributed by atoms with Crippen molar-refractivity contribution in [1.29, 1.82) is 5.26 Å². The van der Waals surface area contributed by atoms with Crippen LogP contribution in [0.15, 0.2) is 18.2 Å². The summed E-state index contributed by atoms with van der Waals surface area (Å²) in [5, 5.41) is 12.8. The van der Waals surface area contributed by atoms with Crippen LogP contribution >= 0.6 is 0 Å². The van der Waals surface area contributed by atoms with E-state index in [1.807, 2.05) is 19.1 Å². The van der Waals surface area contributed by atoms with Crippen LogP contribution in [0.25, 0.3) is 0 Å². The summed E-state index contributed by atoms with van der Waals surface area (Å²) < 4.78 is 0. The molecule has 2 rings (SSSR count). The summed E-state index contributed by atoms with van der Waals surface area (Å²) >= 11 is 0. The molecule has 1 saturated carbocycles. The smallest absolute Gasteiger partial charge is 0.101 e. The molecule has 1 fully saturated rings. The average molecular weight is 285 g/mol. The van der Waals surface area contributed by atoms with Gasteiger partial charge in [0.1, 0.15) is 6.07 Å². The van der Waals surface area contributed by atoms with E-state index in [4.69, 9.17) is 0 Å². The van der Waals surface area contributed by atoms with Crippen LogP contribution in [0.5, 0.6) is 0 Å². The molecule has 3 nitrogen and oxygen atoms in total. The van der Waals surface area contributed by atoms with Gasteiger partial charge in [0.25, 0.3) is 0 Å². The van der Waals surface area contributed by atoms with E-state index in [0.717, 1.165) is 29.3 Å². The third-order valence-electron chi connectivity index (χ3n) is 4.92. The van der Waals surface area contributed by atoms with Gasteiger partial charge in [-0.2, -0.15) is 5.26 Å². The second-order valence-electron chi connectivity index (χ2n) is 6.83. The van der Waals surface area contributed by atoms with E-state index in [9.17, 15) is 5.26 Å². The maximum Gasteiger partial charge on any atom is 0.101 e. The molecule has 2 unspecified atom stereocenters. The van der Waals surface area contributed by atoms with Gasteiger partial charge in [0, 0.05) is 12.1 Å². The molecular formula is C18H27N3. The predicted octanol–water partition coefficient (Wildman–Crippen LogP) is 3.79. The number of nitriles is 1. The Morgan fingerprint density at radius 1 is 1.43 bits per heavy atom. The number of anilines is 1. The summed E-state index contributed by atoms with van der Waals surface area (Å²) in [6.07, 6.45) is 5.08. The summed E-state index contributed by atoms with van der Waals surface area (Å²) in [7, 11) is 4.36. The Bertz CT molecular complexity index is 530. The van der Waals surface area contributed by atoms with Gasteiger partial charge >= 0.3 is 0 Å². The molecule has 0 heterocycles. The topological polar surface area (TPSA) is 39.1 Å². The molecule has 1 N–H and O–H groups in total. The van der Waals surface area contributed by atoms with E-state index in [1.165, 1.54) is 25.7 Å². The zero-order valence-electron chi connectivity index (χ0n) is 13.7. The van der Waals surface area contributed by atoms with Gasteiger partial charge < -0.3 is 10.2 Å². The number of aryl methyl sites for hydroxylation is 1. The molecule has 1 aromatic carbocycles. The van der Waals surface area contributed by atoms with Crippen molar-refractivity contribution in [2.75, 3.05) is 26.0 Å². The lowest BCUT2D eigenvalue weighted by Crippen LogP contribution is -2.52. The van der Waals surface area contributed by atoms with Crippen LogP contribution in [0, 0.1) is 24.2 Å². The fraction of sp³-hybridized carbons (Fsp3) is 0.611. The van der Waals surface area contributed by atoms with E-state index >= 15 is 0 Å². The molecule has 1 aliphatic carbocycles. The van der Waals surface area contributed by atoms with Crippen molar-refractivity contribution < 1.29 is 0 Å². The Morgan fingerprint density at radius 3 is 2.81 bits per heavy atom. The van der Waals surface area contributed by atoms with Crippen LogP contribution in [0.3, 0.4) is 0 Å². The van der Waals surface area contributed by atoms with E-state index in [-0.39, 0.29) is 5.54 Å². The van der Waals surface area contributed by atoms with Crippen molar-refractivity contribution in [2.45, 2.75) is 45.1 Å². The van der Waals surface area contributed by atoms with Gasteiger partial charge in [-0.05, 0) is 57.5 Å². The largest absolute Gasteiger partial charge is 0.382 e. The van der Waals surface area contributed by atoms with Crippen molar-refractivity contribution in [3.05, 3.63) is 29.3 Å². The van der Waals surface area contributed by atoms with Crippen molar-refractivity contribution in [2.24, 2.45) is 5.92 Å². The van der Waals surface area contributed by atoms with E-state index in [0.29, 0.717) is 0 Å². The van der Waals surface area contributed by atoms with Gasteiger partial charge in [0.2, 0.25) is 0 Å². The maximum atomic E-state index is 9.29. The number of hydrogen-bond acceptors (Lipinski definition) is 3. The minimum absolute atomic E-state index is 0.204. The van der Waals surface area contributed by atoms with E-state index < -0.39 is 0 Å². The van der Waals surface area contributed by atoms with E-state index in [1.54, 1.807) is 0 Å². The highest BCUT2D eigenvalue weighted by Crippen LogP contribution is 2.36. The highest BCUT2D eigenvalue weighted by molar-refractivity contribution is 5.58. The molecule has 0 bridgehead atoms. The lowest BCUT2D eigenvalue weighted by molar-refractivity contribution is 0.0882. The van der Waals surface area contributed by atoms with Crippen LogP contribution in [-0.2, 0) is 0 Å². The predicted molar refractivity (Wildman–Crippen MR) is 88.4 cm³/mol. The summed E-state index contributed by atoms with van der Waals surface area (Å²) in [5.41, 5.74) is 3.04. The molecule has 2 atom stereocenters. The molecule has 21 heavy (non-hydrogen) atoms. The monoisotopic (exact) mass is 285 g/mol. The van der Waals surface area contributed by atoms with Crippen LogP contribution < -0.4 is 5.32 Å². The summed E-state index contributed by atoms with van der Waals surface area (Å²) in [5.74, 6) is 0.774. The molecule has 3 heteroatoms. The number of nitrogens with one attached hydrogen (secondary N) is 1. The second kappa shape index (κ2) is 6.49. The van der Waals surface area contributed by atoms with Gasteiger partial charge in [-0.25, -0.2) is 0 Å². The van der Waals surface area contributed by atoms with E-state index in [2.05, 4.69) is 43.4 Å². The molecule has 0 spiro atoms. The van der Waals surface area contributed by atoms with Gasteiger partial charge in [0.15, 0.2) is 0 Å². The molecule has 114 valence electrons. The summed E-state index contributed by atoms with van der Waals surface area (Å²) in [6.45, 7) is 5.28. The standard InChI is InChI=1S/C18H27N3/c1-14-7-8-17(16(10-14)12-19)20-13-18(21(3)4)9-5-6-15(2)11-18/h7-8,10,15,20H,5-6,9,11,13H2,1-4H3. The Morgan fingerprint density at radius 2 is 2.19 bits per heavy atom. The second-order valence-corrected chi connectivity index (χ2v) is 6.83. The molecule has 1 aliphatic rings. The summed E-state index contributed by atoms with van der Waals surface area (Å²) in [4.78, 5) is 2.37. The Balaban J connectivity index is 2.15. The quantitative estimate of drug-likeness (QED) is 0.915. The van der Waals surface area contributed by atoms with Crippen LogP contribution in [0.2, 0.25) is 0 Å². The number of rotatable bonds is 4. The molecule has 0 radical (unpaired) electrons. The first kappa shape index (κ1) is 15.9. The third-order valence-corrected chi connectivity index (χ3v) is 4.92. The lowest BCUT2D eigenvalue weighted by atomic mass is 9.75. The number of hydrogen-bond donors (Lipinski definition) is 1. The molecule has 1 aromatic rings. The molecule has 0 aliphatic heterocycles. The highest BCUT2D eigenvalue weighted by Gasteiger charge is 2.36. The Hall–Kier alpha value is -1.53. The third kappa shape index (κ3) is 3.57. The van der Waals surface area contributed by atoms with Crippen molar-refractivity contribution >= 4 is 5.69 Å². The van der Waals surface area contributed by atoms with Crippen molar-refractivity contribution in [3.8, 4) is 6.07 Å². The number of nitrogens with zero attached hydrogens (tertiary/aromatic N) is 2. The molecule has 0 amide bonds. The minimum atomic E-state index is 0.204. The zero-order chi connectivity index (χ0) is 15.5. The number of benzene rings is 1. The number of likely N-dealkylation sites (N-methyl/N-ethyl adjacent to an activating group) is 1. The average Bonchev–Trinajstić information content (AvgIpc) is 2.45. The SMILES string of the molecule is Cc1ccc(NCC2(N(C)C)CCCC(C)C2)c(C#N)c1. The van der Waals surface area contributed by atoms with Gasteiger partial charge in [0.05, 0.1) is 11.3 Å². The first-order valence-electron chi connectivity index (χ1n) is 7.89. The van der Waals surface area contributed by atoms with Gasteiger partial charge in [-0.1, -0.05) is 25.8 Å². The fourth-order valence-corrected chi connectivity index (χ4v) is 3.52. The zero-order valence-corrected chi connectivity index (χ0v) is 13.7. The first-order chi connectivity index (χ1) is 9.97. The lowest BCUT2D eigenvalue weighted by Gasteiger charge is -2.45. The van der Waals surface area contributed by atoms with Gasteiger partial charge in [-0.3, -0.25) is 0 Å². The maximum absolute atomic E-state index is 9.29. The van der Waals surface area contributed by atoms with Crippen LogP contribution in [0.4, 0.5) is 5.69 Å². The van der Waals surface area contributed by atoms with Gasteiger partial charge in [-0.15, -0.1) is 0 Å². The Labute approximate surface area is 129 Å². The normalized spacial score (nSPS) is 25.6. The molecule has 0 saturated heterocycles. The van der Waals surface area contributed by atoms with Crippen molar-refractivity contribution in [1.82, 2.24) is 4.90 Å². The Kier molecular flexibility index (Phi) is 4.90. The van der Waals surface area contributed by atoms with Crippen molar-refractivity contribution in [3.63, 3.8) is 0 Å². The molecular weight excluding hydrogens is 258 g/mol. The summed E-state index contributed by atoms with van der Waals surface area (Å²) in [6, 6.07) is 8.35.